The molecule has 3 rings (SSSR count). The molecule has 90 valence electrons. The molecule has 1 aromatic carbocycles. The van der Waals surface area contributed by atoms with Crippen LogP contribution in [-0.4, -0.2) is 19.7 Å². The van der Waals surface area contributed by atoms with E-state index in [-0.39, 0.29) is 5.75 Å². The quantitative estimate of drug-likeness (QED) is 0.746. The molecule has 0 unspecified atom stereocenters. The fraction of sp³-hybridized carbons (Fsp3) is 0.143. The maximum absolute atomic E-state index is 9.50. The van der Waals surface area contributed by atoms with Gasteiger partial charge in [0.2, 0.25) is 0 Å². The lowest BCUT2D eigenvalue weighted by molar-refractivity contribution is 0.471. The molecule has 0 aliphatic rings. The second-order valence-electron chi connectivity index (χ2n) is 4.39. The van der Waals surface area contributed by atoms with Gasteiger partial charge in [-0.1, -0.05) is 29.8 Å². The number of nitrogens with zero attached hydrogens (tertiary/aromatic N) is 3. The summed E-state index contributed by atoms with van der Waals surface area (Å²) in [6.45, 7) is 2.06. The summed E-state index contributed by atoms with van der Waals surface area (Å²) in [5.74, 6) is 1.04. The zero-order valence-corrected chi connectivity index (χ0v) is 10.0. The van der Waals surface area contributed by atoms with Crippen LogP contribution < -0.4 is 0 Å². The van der Waals surface area contributed by atoms with Crippen molar-refractivity contribution in [1.82, 2.24) is 14.6 Å². The maximum Gasteiger partial charge on any atom is 0.161 e. The summed E-state index contributed by atoms with van der Waals surface area (Å²) < 4.78 is 1.81. The van der Waals surface area contributed by atoms with Crippen molar-refractivity contribution in [3.05, 3.63) is 59.5 Å². The highest BCUT2D eigenvalue weighted by Crippen LogP contribution is 2.14. The van der Waals surface area contributed by atoms with E-state index in [9.17, 15) is 5.11 Å². The number of fused-ring (bicyclic) bond motifs is 1. The molecule has 4 heteroatoms. The molecule has 0 saturated carbocycles. The molecule has 3 aromatic rings. The Hall–Kier alpha value is -2.36. The van der Waals surface area contributed by atoms with Gasteiger partial charge in [0.1, 0.15) is 11.6 Å². The predicted molar refractivity (Wildman–Crippen MR) is 68.6 cm³/mol. The Morgan fingerprint density at radius 1 is 1.06 bits per heavy atom. The van der Waals surface area contributed by atoms with E-state index >= 15 is 0 Å². The van der Waals surface area contributed by atoms with Crippen LogP contribution in [-0.2, 0) is 6.42 Å². The van der Waals surface area contributed by atoms with Crippen LogP contribution in [0.15, 0.2) is 42.6 Å². The Morgan fingerprint density at radius 2 is 1.83 bits per heavy atom. The van der Waals surface area contributed by atoms with Gasteiger partial charge in [-0.05, 0) is 24.6 Å². The summed E-state index contributed by atoms with van der Waals surface area (Å²) in [4.78, 5) is 0. The van der Waals surface area contributed by atoms with Crippen LogP contribution in [0.5, 0.6) is 5.75 Å². The number of aryl methyl sites for hydroxylation is 1. The first-order chi connectivity index (χ1) is 8.72. The van der Waals surface area contributed by atoms with Crippen molar-refractivity contribution in [2.45, 2.75) is 13.3 Å². The van der Waals surface area contributed by atoms with Crippen LogP contribution >= 0.6 is 0 Å². The molecule has 0 radical (unpaired) electrons. The standard InChI is InChI=1S/C14H13N3O/c1-10-2-4-11(5-3-10)8-14-16-15-13-7-6-12(18)9-17(13)14/h2-7,9,18H,8H2,1H3. The third kappa shape index (κ3) is 1.93. The lowest BCUT2D eigenvalue weighted by atomic mass is 10.1. The summed E-state index contributed by atoms with van der Waals surface area (Å²) in [5.41, 5.74) is 3.16. The van der Waals surface area contributed by atoms with Gasteiger partial charge in [0.25, 0.3) is 0 Å². The van der Waals surface area contributed by atoms with E-state index in [1.54, 1.807) is 18.3 Å². The maximum atomic E-state index is 9.50. The van der Waals surface area contributed by atoms with Crippen LogP contribution in [0.2, 0.25) is 0 Å². The van der Waals surface area contributed by atoms with Crippen molar-refractivity contribution in [2.75, 3.05) is 0 Å². The number of pyridine rings is 1. The second kappa shape index (κ2) is 4.14. The highest BCUT2D eigenvalue weighted by molar-refractivity contribution is 5.41. The summed E-state index contributed by atoms with van der Waals surface area (Å²) >= 11 is 0. The molecule has 4 nitrogen and oxygen atoms in total. The summed E-state index contributed by atoms with van der Waals surface area (Å²) in [6.07, 6.45) is 2.34. The molecule has 0 fully saturated rings. The van der Waals surface area contributed by atoms with Crippen molar-refractivity contribution in [3.63, 3.8) is 0 Å². The molecule has 0 atom stereocenters. The van der Waals surface area contributed by atoms with E-state index in [2.05, 4.69) is 41.4 Å². The first-order valence-corrected chi connectivity index (χ1v) is 5.80. The van der Waals surface area contributed by atoms with E-state index in [1.165, 1.54) is 11.1 Å². The Morgan fingerprint density at radius 3 is 2.61 bits per heavy atom. The smallest absolute Gasteiger partial charge is 0.161 e. The summed E-state index contributed by atoms with van der Waals surface area (Å²) in [6, 6.07) is 11.7. The fourth-order valence-corrected chi connectivity index (χ4v) is 1.94. The largest absolute Gasteiger partial charge is 0.506 e. The molecule has 0 saturated heterocycles. The normalized spacial score (nSPS) is 10.9. The van der Waals surface area contributed by atoms with Gasteiger partial charge in [-0.3, -0.25) is 4.40 Å². The number of hydrogen-bond acceptors (Lipinski definition) is 3. The number of hydrogen-bond donors (Lipinski definition) is 1. The zero-order chi connectivity index (χ0) is 12.5. The minimum Gasteiger partial charge on any atom is -0.506 e. The molecule has 1 N–H and O–H groups in total. The molecular weight excluding hydrogens is 226 g/mol. The molecular formula is C14H13N3O. The van der Waals surface area contributed by atoms with Gasteiger partial charge in [0.15, 0.2) is 5.65 Å². The molecule has 2 aromatic heterocycles. The van der Waals surface area contributed by atoms with Crippen LogP contribution in [0.25, 0.3) is 5.65 Å². The Bertz CT molecular complexity index is 686. The lowest BCUT2D eigenvalue weighted by Crippen LogP contribution is -1.96. The Labute approximate surface area is 105 Å². The van der Waals surface area contributed by atoms with Crippen molar-refractivity contribution >= 4 is 5.65 Å². The van der Waals surface area contributed by atoms with E-state index < -0.39 is 0 Å². The first kappa shape index (κ1) is 10.8. The third-order valence-electron chi connectivity index (χ3n) is 2.94. The van der Waals surface area contributed by atoms with Gasteiger partial charge in [-0.2, -0.15) is 0 Å². The van der Waals surface area contributed by atoms with Gasteiger partial charge in [-0.15, -0.1) is 10.2 Å². The van der Waals surface area contributed by atoms with E-state index in [0.29, 0.717) is 6.42 Å². The van der Waals surface area contributed by atoms with Crippen LogP contribution in [0.1, 0.15) is 17.0 Å². The van der Waals surface area contributed by atoms with Gasteiger partial charge in [-0.25, -0.2) is 0 Å². The number of benzene rings is 1. The van der Waals surface area contributed by atoms with Crippen LogP contribution in [0, 0.1) is 6.92 Å². The van der Waals surface area contributed by atoms with Crippen molar-refractivity contribution in [1.29, 1.82) is 0 Å². The molecule has 0 amide bonds. The van der Waals surface area contributed by atoms with Crippen molar-refractivity contribution in [3.8, 4) is 5.75 Å². The monoisotopic (exact) mass is 239 g/mol. The van der Waals surface area contributed by atoms with Crippen LogP contribution in [0.4, 0.5) is 0 Å². The predicted octanol–water partition coefficient (Wildman–Crippen LogP) is 2.33. The zero-order valence-electron chi connectivity index (χ0n) is 10.0. The fourth-order valence-electron chi connectivity index (χ4n) is 1.94. The number of rotatable bonds is 2. The Kier molecular flexibility index (Phi) is 2.48. The van der Waals surface area contributed by atoms with E-state index in [0.717, 1.165) is 11.5 Å². The lowest BCUT2D eigenvalue weighted by Gasteiger charge is -2.01. The first-order valence-electron chi connectivity index (χ1n) is 5.80. The van der Waals surface area contributed by atoms with E-state index in [1.807, 2.05) is 4.40 Å². The number of aromatic nitrogens is 3. The van der Waals surface area contributed by atoms with Gasteiger partial charge >= 0.3 is 0 Å². The molecule has 0 spiro atoms. The highest BCUT2D eigenvalue weighted by atomic mass is 16.3. The average molecular weight is 239 g/mol. The van der Waals surface area contributed by atoms with Crippen LogP contribution in [0.3, 0.4) is 0 Å². The third-order valence-corrected chi connectivity index (χ3v) is 2.94. The molecule has 0 aliphatic heterocycles. The molecule has 0 aliphatic carbocycles. The number of aromatic hydroxyl groups is 1. The minimum atomic E-state index is 0.215. The average Bonchev–Trinajstić information content (AvgIpc) is 2.75. The summed E-state index contributed by atoms with van der Waals surface area (Å²) in [7, 11) is 0. The topological polar surface area (TPSA) is 50.4 Å². The summed E-state index contributed by atoms with van der Waals surface area (Å²) in [5, 5.41) is 17.7. The second-order valence-corrected chi connectivity index (χ2v) is 4.39. The molecule has 2 heterocycles. The Balaban J connectivity index is 1.99. The van der Waals surface area contributed by atoms with Crippen molar-refractivity contribution in [2.24, 2.45) is 0 Å². The van der Waals surface area contributed by atoms with Gasteiger partial charge in [0.05, 0.1) is 6.20 Å². The SMILES string of the molecule is Cc1ccc(Cc2nnc3ccc(O)cn23)cc1. The molecule has 0 bridgehead atoms. The van der Waals surface area contributed by atoms with Gasteiger partial charge < -0.3 is 5.11 Å². The molecule has 18 heavy (non-hydrogen) atoms. The highest BCUT2D eigenvalue weighted by Gasteiger charge is 2.06. The van der Waals surface area contributed by atoms with E-state index in [4.69, 9.17) is 0 Å². The van der Waals surface area contributed by atoms with Crippen molar-refractivity contribution < 1.29 is 5.11 Å². The minimum absolute atomic E-state index is 0.215. The van der Waals surface area contributed by atoms with Gasteiger partial charge in [0, 0.05) is 6.42 Å².